The van der Waals surface area contributed by atoms with Gasteiger partial charge in [-0.15, -0.1) is 33.3 Å². The standard InChI is InChI=1S/C17H16N4O7S5.2Na/c22-10(4-9-2-1-3-29-9)18-12-14(23)21-13(16(24)25)8(5-30-15(12)21)6-31-17-20-19-11(32-17)7-33(26,27)28;;/h1-3,12,15H,4-7H2,(H,18,22)(H,24,25)(H,26,27,28);;/q;2*+1/p-2/t12?,15-;;/m0../s1. The quantitative estimate of drug-likeness (QED) is 0.127. The molecule has 0 aromatic carbocycles. The molecular weight excluding hydrogens is 579 g/mol. The number of thioether (sulfide) groups is 2. The summed E-state index contributed by atoms with van der Waals surface area (Å²) in [6.07, 6.45) is 0.140. The second-order valence-corrected chi connectivity index (χ2v) is 12.7. The van der Waals surface area contributed by atoms with E-state index < -0.39 is 39.2 Å². The van der Waals surface area contributed by atoms with Gasteiger partial charge in [0.1, 0.15) is 26.5 Å². The van der Waals surface area contributed by atoms with E-state index in [1.807, 2.05) is 17.5 Å². The number of aliphatic carboxylic acids is 1. The molecule has 2 aliphatic heterocycles. The number of carboxylic acid groups (broad SMARTS) is 1. The van der Waals surface area contributed by atoms with Crippen molar-refractivity contribution in [1.82, 2.24) is 20.4 Å². The van der Waals surface area contributed by atoms with E-state index in [2.05, 4.69) is 15.5 Å². The molecule has 11 nitrogen and oxygen atoms in total. The van der Waals surface area contributed by atoms with E-state index in [-0.39, 0.29) is 87.9 Å². The van der Waals surface area contributed by atoms with Crippen LogP contribution in [0.2, 0.25) is 0 Å². The third-order valence-electron chi connectivity index (χ3n) is 4.59. The van der Waals surface area contributed by atoms with Crippen molar-refractivity contribution in [2.75, 3.05) is 11.5 Å². The van der Waals surface area contributed by atoms with E-state index in [4.69, 9.17) is 0 Å². The van der Waals surface area contributed by atoms with Crippen LogP contribution >= 0.6 is 46.2 Å². The van der Waals surface area contributed by atoms with Crippen molar-refractivity contribution in [3.63, 3.8) is 0 Å². The Morgan fingerprint density at radius 2 is 2.03 bits per heavy atom. The van der Waals surface area contributed by atoms with Crippen molar-refractivity contribution >= 4 is 74.1 Å². The summed E-state index contributed by atoms with van der Waals surface area (Å²) in [6, 6.07) is 2.83. The Kier molecular flexibility index (Phi) is 11.8. The third-order valence-corrected chi connectivity index (χ3v) is 9.76. The van der Waals surface area contributed by atoms with Crippen molar-refractivity contribution < 1.29 is 91.6 Å². The maximum Gasteiger partial charge on any atom is 1.00 e. The number of β-lactam (4-membered cyclic amide) rings is 1. The number of rotatable bonds is 9. The molecule has 0 radical (unpaired) electrons. The van der Waals surface area contributed by atoms with Gasteiger partial charge in [0, 0.05) is 16.4 Å². The first kappa shape index (κ1) is 31.2. The number of nitrogens with zero attached hydrogens (tertiary/aromatic N) is 3. The second kappa shape index (κ2) is 13.2. The fraction of sp³-hybridized carbons (Fsp3) is 0.353. The Balaban J connectivity index is 0.00000216. The fourth-order valence-corrected chi connectivity index (χ4v) is 8.14. The molecule has 1 N–H and O–H groups in total. The Hall–Kier alpha value is 0.0200. The van der Waals surface area contributed by atoms with Gasteiger partial charge in [-0.1, -0.05) is 29.2 Å². The van der Waals surface area contributed by atoms with E-state index in [1.54, 1.807) is 0 Å². The number of hydrogen-bond acceptors (Lipinski definition) is 13. The fourth-order valence-electron chi connectivity index (χ4n) is 3.23. The number of hydrogen-bond donors (Lipinski definition) is 1. The molecule has 0 spiro atoms. The molecule has 2 aromatic heterocycles. The van der Waals surface area contributed by atoms with Gasteiger partial charge in [0.2, 0.25) is 5.91 Å². The van der Waals surface area contributed by atoms with Crippen LogP contribution in [0.15, 0.2) is 33.1 Å². The van der Waals surface area contributed by atoms with Crippen molar-refractivity contribution in [2.24, 2.45) is 0 Å². The van der Waals surface area contributed by atoms with Gasteiger partial charge in [0.05, 0.1) is 23.8 Å². The predicted octanol–water partition coefficient (Wildman–Crippen LogP) is -6.61. The van der Waals surface area contributed by atoms with Crippen LogP contribution in [0.25, 0.3) is 0 Å². The summed E-state index contributed by atoms with van der Waals surface area (Å²) in [5.74, 6) is -2.65. The van der Waals surface area contributed by atoms with Gasteiger partial charge in [-0.05, 0) is 17.0 Å². The zero-order valence-corrected chi connectivity index (χ0v) is 26.5. The monoisotopic (exact) mass is 592 g/mol. The Labute approximate surface area is 261 Å². The van der Waals surface area contributed by atoms with Gasteiger partial charge in [0.25, 0.3) is 5.91 Å². The SMILES string of the molecule is O=C(Cc1cccs1)NC1C(=O)N2C(C(=O)[O-])=C(CSc3nnc(CS(=O)(=O)[O-])s3)CS[C@@H]12.[Na+].[Na+]. The van der Waals surface area contributed by atoms with Crippen LogP contribution in [0.4, 0.5) is 0 Å². The minimum absolute atomic E-state index is 0. The number of fused-ring (bicyclic) bond motifs is 1. The summed E-state index contributed by atoms with van der Waals surface area (Å²) in [7, 11) is -4.48. The van der Waals surface area contributed by atoms with Gasteiger partial charge >= 0.3 is 59.1 Å². The maximum absolute atomic E-state index is 12.7. The van der Waals surface area contributed by atoms with E-state index in [0.29, 0.717) is 15.7 Å². The normalized spacial score (nSPS) is 19.2. The topological polar surface area (TPSA) is 173 Å². The number of carboxylic acids is 1. The van der Waals surface area contributed by atoms with Crippen LogP contribution in [0.5, 0.6) is 0 Å². The summed E-state index contributed by atoms with van der Waals surface area (Å²) in [4.78, 5) is 38.7. The molecule has 176 valence electrons. The average Bonchev–Trinajstić information content (AvgIpc) is 3.40. The summed E-state index contributed by atoms with van der Waals surface area (Å²) in [5, 5.41) is 23.3. The number of carbonyl (C=O) groups excluding carboxylic acids is 3. The molecule has 0 aliphatic carbocycles. The zero-order chi connectivity index (χ0) is 23.8. The molecule has 4 rings (SSSR count). The molecule has 18 heteroatoms. The molecule has 1 fully saturated rings. The van der Waals surface area contributed by atoms with Gasteiger partial charge in [-0.3, -0.25) is 14.5 Å². The van der Waals surface area contributed by atoms with E-state index in [9.17, 15) is 32.5 Å². The van der Waals surface area contributed by atoms with E-state index in [1.165, 1.54) is 23.1 Å². The van der Waals surface area contributed by atoms with Crippen molar-refractivity contribution in [3.8, 4) is 0 Å². The van der Waals surface area contributed by atoms with Crippen LogP contribution in [0.1, 0.15) is 9.88 Å². The van der Waals surface area contributed by atoms with E-state index >= 15 is 0 Å². The number of nitrogens with one attached hydrogen (secondary N) is 1. The molecule has 4 heterocycles. The molecule has 0 bridgehead atoms. The van der Waals surface area contributed by atoms with Gasteiger partial charge in [-0.25, -0.2) is 8.42 Å². The second-order valence-electron chi connectivity index (χ2n) is 6.90. The Bertz CT molecular complexity index is 1240. The first-order valence-corrected chi connectivity index (χ1v) is 14.5. The molecule has 2 aromatic rings. The van der Waals surface area contributed by atoms with Crippen LogP contribution in [0.3, 0.4) is 0 Å². The van der Waals surface area contributed by atoms with Gasteiger partial charge < -0.3 is 19.8 Å². The van der Waals surface area contributed by atoms with Gasteiger partial charge in [-0.2, -0.15) is 0 Å². The van der Waals surface area contributed by atoms with Crippen molar-refractivity contribution in [1.29, 1.82) is 0 Å². The Morgan fingerprint density at radius 3 is 2.66 bits per heavy atom. The largest absolute Gasteiger partial charge is 1.00 e. The average molecular weight is 593 g/mol. The molecule has 0 saturated carbocycles. The van der Waals surface area contributed by atoms with Crippen LogP contribution in [-0.4, -0.2) is 68.8 Å². The number of aromatic nitrogens is 2. The number of thiophene rings is 1. The van der Waals surface area contributed by atoms with Crippen molar-refractivity contribution in [2.45, 2.75) is 27.9 Å². The smallest absolute Gasteiger partial charge is 0.748 e. The first-order chi connectivity index (χ1) is 15.6. The molecule has 2 aliphatic rings. The van der Waals surface area contributed by atoms with Crippen LogP contribution in [0, 0.1) is 0 Å². The summed E-state index contributed by atoms with van der Waals surface area (Å²) in [6.45, 7) is 0. The molecule has 2 amide bonds. The summed E-state index contributed by atoms with van der Waals surface area (Å²) in [5.41, 5.74) is 0.207. The van der Waals surface area contributed by atoms with Crippen LogP contribution in [-0.2, 0) is 36.7 Å². The predicted molar refractivity (Wildman–Crippen MR) is 119 cm³/mol. The van der Waals surface area contributed by atoms with Crippen LogP contribution < -0.4 is 69.5 Å². The molecule has 1 unspecified atom stereocenters. The van der Waals surface area contributed by atoms with E-state index in [0.717, 1.165) is 32.9 Å². The molecule has 1 saturated heterocycles. The maximum atomic E-state index is 12.7. The number of amides is 2. The molecule has 35 heavy (non-hydrogen) atoms. The number of carbonyl (C=O) groups is 3. The molecule has 2 atom stereocenters. The van der Waals surface area contributed by atoms with Gasteiger partial charge in [0.15, 0.2) is 4.34 Å². The zero-order valence-electron chi connectivity index (χ0n) is 18.5. The molecular formula is C17H14N4Na2O7S5. The summed E-state index contributed by atoms with van der Waals surface area (Å²) < 4.78 is 32.9. The summed E-state index contributed by atoms with van der Waals surface area (Å²) >= 11 is 4.80. The minimum atomic E-state index is -4.48. The third kappa shape index (κ3) is 7.77. The van der Waals surface area contributed by atoms with Crippen molar-refractivity contribution in [3.05, 3.63) is 38.7 Å². The Morgan fingerprint density at radius 1 is 1.29 bits per heavy atom. The first-order valence-electron chi connectivity index (χ1n) is 9.21. The minimum Gasteiger partial charge on any atom is -0.748 e.